The summed E-state index contributed by atoms with van der Waals surface area (Å²) in [7, 11) is -2.03. The predicted molar refractivity (Wildman–Crippen MR) is 109 cm³/mol. The molecule has 3 N–H and O–H groups in total. The minimum atomic E-state index is -3.83. The Bertz CT molecular complexity index is 1050. The highest BCUT2D eigenvalue weighted by Gasteiger charge is 2.25. The van der Waals surface area contributed by atoms with Crippen molar-refractivity contribution in [2.24, 2.45) is 0 Å². The molecule has 2 aromatic heterocycles. The number of nitrogens with zero attached hydrogens (tertiary/aromatic N) is 1. The number of halogens is 2. The highest BCUT2D eigenvalue weighted by molar-refractivity contribution is 7.92. The fraction of sp³-hybridized carbons (Fsp3) is 0.176. The van der Waals surface area contributed by atoms with Gasteiger partial charge in [-0.05, 0) is 54.9 Å². The average molecular weight is 430 g/mol. The van der Waals surface area contributed by atoms with Gasteiger partial charge in [-0.2, -0.15) is 8.42 Å². The van der Waals surface area contributed by atoms with Gasteiger partial charge >= 0.3 is 0 Å². The molecule has 0 spiro atoms. The van der Waals surface area contributed by atoms with Crippen LogP contribution in [-0.2, 0) is 16.6 Å². The summed E-state index contributed by atoms with van der Waals surface area (Å²) in [5, 5.41) is 3.26. The summed E-state index contributed by atoms with van der Waals surface area (Å²) in [4.78, 5) is 0. The van der Waals surface area contributed by atoms with Crippen LogP contribution in [-0.4, -0.2) is 19.4 Å². The van der Waals surface area contributed by atoms with Gasteiger partial charge in [-0.25, -0.2) is 3.97 Å². The number of hydrogen-bond acceptors (Lipinski definition) is 5. The number of aromatic nitrogens is 1. The van der Waals surface area contributed by atoms with Gasteiger partial charge in [0.1, 0.15) is 8.55 Å². The highest BCUT2D eigenvalue weighted by atomic mass is 35.5. The maximum Gasteiger partial charge on any atom is 0.277 e. The molecule has 0 unspecified atom stereocenters. The Balaban J connectivity index is 2.21. The third-order valence-corrected chi connectivity index (χ3v) is 7.91. The lowest BCUT2D eigenvalue weighted by molar-refractivity contribution is 0.590. The quantitative estimate of drug-likeness (QED) is 0.590. The molecule has 0 bridgehead atoms. The Hall–Kier alpha value is -1.51. The largest absolute Gasteiger partial charge is 0.399 e. The van der Waals surface area contributed by atoms with E-state index in [2.05, 4.69) is 5.32 Å². The van der Waals surface area contributed by atoms with E-state index < -0.39 is 10.0 Å². The summed E-state index contributed by atoms with van der Waals surface area (Å²) in [5.41, 5.74) is 9.58. The van der Waals surface area contributed by atoms with Crippen molar-refractivity contribution < 1.29 is 8.42 Å². The van der Waals surface area contributed by atoms with Gasteiger partial charge in [-0.3, -0.25) is 0 Å². The number of aryl methyl sites for hydroxylation is 1. The lowest BCUT2D eigenvalue weighted by Crippen LogP contribution is -2.12. The molecule has 26 heavy (non-hydrogen) atoms. The van der Waals surface area contributed by atoms with Gasteiger partial charge < -0.3 is 11.1 Å². The first-order valence-electron chi connectivity index (χ1n) is 7.67. The van der Waals surface area contributed by atoms with Crippen LogP contribution < -0.4 is 11.1 Å². The van der Waals surface area contributed by atoms with Gasteiger partial charge in [-0.15, -0.1) is 11.3 Å². The molecule has 0 aliphatic carbocycles. The lowest BCUT2D eigenvalue weighted by atomic mass is 10.1. The number of nitrogen functional groups attached to an aromatic ring is 1. The standard InChI is InChI=1S/C17H17Cl2N3O2S2/c1-10-5-12(3-4-14(10)20)15-6-11(8-21-2)9-22(15)26(23,24)16-7-13(18)17(19)25-16/h3-7,9,21H,8,20H2,1-2H3. The second-order valence-electron chi connectivity index (χ2n) is 5.82. The van der Waals surface area contributed by atoms with E-state index >= 15 is 0 Å². The molecule has 0 atom stereocenters. The molecule has 5 nitrogen and oxygen atoms in total. The summed E-state index contributed by atoms with van der Waals surface area (Å²) in [6.45, 7) is 2.42. The number of rotatable bonds is 5. The maximum atomic E-state index is 13.2. The normalized spacial score (nSPS) is 11.8. The van der Waals surface area contributed by atoms with Gasteiger partial charge in [0.25, 0.3) is 10.0 Å². The van der Waals surface area contributed by atoms with Crippen LogP contribution in [0.15, 0.2) is 40.7 Å². The van der Waals surface area contributed by atoms with Crippen molar-refractivity contribution in [1.82, 2.24) is 9.29 Å². The molecule has 0 aliphatic heterocycles. The van der Waals surface area contributed by atoms with Crippen LogP contribution in [0.3, 0.4) is 0 Å². The van der Waals surface area contributed by atoms with Crippen molar-refractivity contribution >= 4 is 50.2 Å². The van der Waals surface area contributed by atoms with Crippen LogP contribution in [0, 0.1) is 6.92 Å². The molecular weight excluding hydrogens is 413 g/mol. The minimum Gasteiger partial charge on any atom is -0.399 e. The van der Waals surface area contributed by atoms with Crippen molar-refractivity contribution in [1.29, 1.82) is 0 Å². The van der Waals surface area contributed by atoms with E-state index in [-0.39, 0.29) is 13.6 Å². The summed E-state index contributed by atoms with van der Waals surface area (Å²) >= 11 is 12.9. The average Bonchev–Trinajstić information content (AvgIpc) is 3.15. The van der Waals surface area contributed by atoms with Crippen LogP contribution in [0.1, 0.15) is 11.1 Å². The molecule has 2 heterocycles. The van der Waals surface area contributed by atoms with E-state index in [4.69, 9.17) is 28.9 Å². The molecule has 0 amide bonds. The van der Waals surface area contributed by atoms with E-state index in [0.717, 1.165) is 28.0 Å². The number of nitrogens with one attached hydrogen (secondary N) is 1. The first-order chi connectivity index (χ1) is 12.2. The molecule has 0 fully saturated rings. The van der Waals surface area contributed by atoms with Crippen LogP contribution in [0.25, 0.3) is 11.3 Å². The summed E-state index contributed by atoms with van der Waals surface area (Å²) in [5.74, 6) is 0. The Kier molecular flexibility index (Phi) is 5.37. The number of nitrogens with two attached hydrogens (primary N) is 1. The van der Waals surface area contributed by atoms with Gasteiger partial charge in [0.15, 0.2) is 0 Å². The Labute approximate surface area is 166 Å². The Morgan fingerprint density at radius 3 is 2.54 bits per heavy atom. The highest BCUT2D eigenvalue weighted by Crippen LogP contribution is 2.37. The van der Waals surface area contributed by atoms with Gasteiger partial charge in [0.2, 0.25) is 0 Å². The van der Waals surface area contributed by atoms with Crippen LogP contribution in [0.4, 0.5) is 5.69 Å². The number of anilines is 1. The first-order valence-corrected chi connectivity index (χ1v) is 10.7. The fourth-order valence-corrected chi connectivity index (χ4v) is 5.96. The second kappa shape index (κ2) is 7.25. The zero-order valence-electron chi connectivity index (χ0n) is 14.1. The molecule has 3 aromatic rings. The summed E-state index contributed by atoms with van der Waals surface area (Å²) < 4.78 is 28.0. The van der Waals surface area contributed by atoms with Crippen molar-refractivity contribution in [2.75, 3.05) is 12.8 Å². The monoisotopic (exact) mass is 429 g/mol. The number of hydrogen-bond donors (Lipinski definition) is 2. The molecule has 0 radical (unpaired) electrons. The van der Waals surface area contributed by atoms with Gasteiger partial charge in [0.05, 0.1) is 10.7 Å². The molecule has 9 heteroatoms. The molecule has 3 rings (SSSR count). The van der Waals surface area contributed by atoms with Gasteiger partial charge in [0, 0.05) is 18.4 Å². The van der Waals surface area contributed by atoms with Crippen LogP contribution in [0.5, 0.6) is 0 Å². The van der Waals surface area contributed by atoms with E-state index in [1.807, 2.05) is 19.1 Å². The minimum absolute atomic E-state index is 0.0903. The molecule has 0 aliphatic rings. The third kappa shape index (κ3) is 3.50. The molecular formula is C17H17Cl2N3O2S2. The van der Waals surface area contributed by atoms with E-state index in [1.165, 1.54) is 10.0 Å². The molecule has 138 valence electrons. The Morgan fingerprint density at radius 2 is 1.96 bits per heavy atom. The van der Waals surface area contributed by atoms with Crippen molar-refractivity contribution in [3.8, 4) is 11.3 Å². The smallest absolute Gasteiger partial charge is 0.277 e. The van der Waals surface area contributed by atoms with Crippen LogP contribution in [0.2, 0.25) is 9.36 Å². The Morgan fingerprint density at radius 1 is 1.23 bits per heavy atom. The first kappa shape index (κ1) is 19.3. The zero-order chi connectivity index (χ0) is 19.1. The molecule has 1 aromatic carbocycles. The van der Waals surface area contributed by atoms with Crippen molar-refractivity contribution in [2.45, 2.75) is 17.7 Å². The lowest BCUT2D eigenvalue weighted by Gasteiger charge is -2.10. The van der Waals surface area contributed by atoms with E-state index in [1.54, 1.807) is 25.4 Å². The van der Waals surface area contributed by atoms with Gasteiger partial charge in [-0.1, -0.05) is 29.3 Å². The summed E-state index contributed by atoms with van der Waals surface area (Å²) in [6.07, 6.45) is 1.61. The molecule has 0 saturated carbocycles. The van der Waals surface area contributed by atoms with Crippen molar-refractivity contribution in [3.63, 3.8) is 0 Å². The maximum absolute atomic E-state index is 13.2. The topological polar surface area (TPSA) is 77.1 Å². The summed E-state index contributed by atoms with van der Waals surface area (Å²) in [6, 6.07) is 8.66. The SMILES string of the molecule is CNCc1cc(-c2ccc(N)c(C)c2)n(S(=O)(=O)c2cc(Cl)c(Cl)s2)c1. The number of thiophene rings is 1. The number of benzene rings is 1. The predicted octanol–water partition coefficient (Wildman–Crippen LogP) is 4.37. The van der Waals surface area contributed by atoms with Crippen molar-refractivity contribution in [3.05, 3.63) is 57.0 Å². The fourth-order valence-electron chi connectivity index (χ4n) is 2.59. The third-order valence-electron chi connectivity index (χ3n) is 3.92. The van der Waals surface area contributed by atoms with E-state index in [9.17, 15) is 8.42 Å². The van der Waals surface area contributed by atoms with E-state index in [0.29, 0.717) is 17.9 Å². The zero-order valence-corrected chi connectivity index (χ0v) is 17.2. The second-order valence-corrected chi connectivity index (χ2v) is 9.93. The van der Waals surface area contributed by atoms with Crippen LogP contribution >= 0.6 is 34.5 Å². The molecule has 0 saturated heterocycles.